The highest BCUT2D eigenvalue weighted by Crippen LogP contribution is 2.34. The second-order valence-corrected chi connectivity index (χ2v) is 6.84. The molecule has 4 heteroatoms. The molecule has 2 saturated heterocycles. The largest absolute Gasteiger partial charge is 0.378 e. The molecule has 0 aliphatic carbocycles. The fourth-order valence-corrected chi connectivity index (χ4v) is 3.77. The van der Waals surface area contributed by atoms with Crippen molar-refractivity contribution in [3.63, 3.8) is 0 Å². The number of likely N-dealkylation sites (tertiary alicyclic amines) is 1. The Morgan fingerprint density at radius 3 is 2.64 bits per heavy atom. The molecule has 2 aliphatic rings. The zero-order chi connectivity index (χ0) is 15.5. The molecule has 2 aliphatic heterocycles. The molecule has 0 spiro atoms. The van der Waals surface area contributed by atoms with Gasteiger partial charge in [0.1, 0.15) is 5.82 Å². The molecule has 22 heavy (non-hydrogen) atoms. The van der Waals surface area contributed by atoms with Gasteiger partial charge in [-0.25, -0.2) is 4.98 Å². The second kappa shape index (κ2) is 6.97. The van der Waals surface area contributed by atoms with Crippen LogP contribution < -0.4 is 4.90 Å². The molecule has 2 fully saturated rings. The molecule has 1 aromatic rings. The fraction of sp³-hybridized carbons (Fsp3) is 0.722. The third-order valence-electron chi connectivity index (χ3n) is 5.04. The lowest BCUT2D eigenvalue weighted by molar-refractivity contribution is 0.111. The Kier molecular flexibility index (Phi) is 4.99. The summed E-state index contributed by atoms with van der Waals surface area (Å²) < 4.78 is 5.43. The molecule has 1 atom stereocenters. The van der Waals surface area contributed by atoms with Gasteiger partial charge in [0.15, 0.2) is 0 Å². The van der Waals surface area contributed by atoms with E-state index in [1.807, 2.05) is 0 Å². The second-order valence-electron chi connectivity index (χ2n) is 6.84. The number of nitrogens with zero attached hydrogens (tertiary/aromatic N) is 3. The molecular formula is C18H29N3O. The summed E-state index contributed by atoms with van der Waals surface area (Å²) in [7, 11) is 0. The molecular weight excluding hydrogens is 274 g/mol. The topological polar surface area (TPSA) is 28.6 Å². The van der Waals surface area contributed by atoms with Crippen molar-refractivity contribution in [2.75, 3.05) is 37.7 Å². The minimum Gasteiger partial charge on any atom is -0.378 e. The number of piperidine rings is 1. The maximum absolute atomic E-state index is 5.43. The lowest BCUT2D eigenvalue weighted by Gasteiger charge is -2.39. The maximum atomic E-state index is 5.43. The summed E-state index contributed by atoms with van der Waals surface area (Å²) in [5.41, 5.74) is 2.81. The third kappa shape index (κ3) is 3.28. The number of ether oxygens (including phenoxy) is 1. The molecule has 0 radical (unpaired) electrons. The zero-order valence-electron chi connectivity index (χ0n) is 14.2. The average Bonchev–Trinajstić information content (AvgIpc) is 2.55. The molecule has 1 aromatic heterocycles. The van der Waals surface area contributed by atoms with Gasteiger partial charge in [-0.3, -0.25) is 4.90 Å². The molecule has 3 rings (SSSR count). The number of morpholine rings is 1. The van der Waals surface area contributed by atoms with Gasteiger partial charge in [-0.05, 0) is 57.4 Å². The quantitative estimate of drug-likeness (QED) is 0.857. The number of rotatable bonds is 3. The molecule has 0 N–H and O–H groups in total. The Labute approximate surface area is 134 Å². The van der Waals surface area contributed by atoms with Crippen molar-refractivity contribution in [3.05, 3.63) is 23.4 Å². The Balaban J connectivity index is 1.81. The van der Waals surface area contributed by atoms with Crippen molar-refractivity contribution in [2.45, 2.75) is 52.1 Å². The minimum absolute atomic E-state index is 0.542. The van der Waals surface area contributed by atoms with E-state index < -0.39 is 0 Å². The maximum Gasteiger partial charge on any atom is 0.128 e. The Bertz CT molecular complexity index is 497. The first-order chi connectivity index (χ1) is 10.7. The van der Waals surface area contributed by atoms with Gasteiger partial charge in [0.25, 0.3) is 0 Å². The first-order valence-corrected chi connectivity index (χ1v) is 8.72. The van der Waals surface area contributed by atoms with E-state index in [1.54, 1.807) is 0 Å². The standard InChI is InChI=1S/C18H29N3O/c1-14(2)21-7-5-4-6-17(21)16-13-19-18(12-15(16)3)20-8-10-22-11-9-20/h12-14,17H,4-11H2,1-3H3/t17-/m1/s1. The van der Waals surface area contributed by atoms with E-state index >= 15 is 0 Å². The Morgan fingerprint density at radius 2 is 1.95 bits per heavy atom. The average molecular weight is 303 g/mol. The molecule has 0 amide bonds. The summed E-state index contributed by atoms with van der Waals surface area (Å²) in [5.74, 6) is 1.11. The van der Waals surface area contributed by atoms with Crippen LogP contribution in [0, 0.1) is 6.92 Å². The Morgan fingerprint density at radius 1 is 1.18 bits per heavy atom. The van der Waals surface area contributed by atoms with Gasteiger partial charge in [0.2, 0.25) is 0 Å². The van der Waals surface area contributed by atoms with Crippen molar-refractivity contribution >= 4 is 5.82 Å². The highest BCUT2D eigenvalue weighted by Gasteiger charge is 2.27. The molecule has 122 valence electrons. The molecule has 0 bridgehead atoms. The lowest BCUT2D eigenvalue weighted by Crippen LogP contribution is -2.39. The normalized spacial score (nSPS) is 24.0. The number of hydrogen-bond acceptors (Lipinski definition) is 4. The summed E-state index contributed by atoms with van der Waals surface area (Å²) >= 11 is 0. The first kappa shape index (κ1) is 15.8. The Hall–Kier alpha value is -1.13. The summed E-state index contributed by atoms with van der Waals surface area (Å²) in [6.07, 6.45) is 6.05. The molecule has 4 nitrogen and oxygen atoms in total. The van der Waals surface area contributed by atoms with Gasteiger partial charge in [-0.15, -0.1) is 0 Å². The molecule has 3 heterocycles. The van der Waals surface area contributed by atoms with Crippen LogP contribution in [0.1, 0.15) is 50.3 Å². The van der Waals surface area contributed by atoms with Crippen LogP contribution in [0.25, 0.3) is 0 Å². The van der Waals surface area contributed by atoms with E-state index in [1.165, 1.54) is 36.9 Å². The van der Waals surface area contributed by atoms with Crippen LogP contribution in [0.5, 0.6) is 0 Å². The molecule has 0 aromatic carbocycles. The summed E-state index contributed by atoms with van der Waals surface area (Å²) in [5, 5.41) is 0. The van der Waals surface area contributed by atoms with Gasteiger partial charge in [0.05, 0.1) is 13.2 Å². The van der Waals surface area contributed by atoms with E-state index in [0.29, 0.717) is 12.1 Å². The van der Waals surface area contributed by atoms with Crippen LogP contribution >= 0.6 is 0 Å². The lowest BCUT2D eigenvalue weighted by atomic mass is 9.92. The molecule has 0 unspecified atom stereocenters. The SMILES string of the molecule is Cc1cc(N2CCOCC2)ncc1[C@H]1CCCCN1C(C)C. The van der Waals surface area contributed by atoms with E-state index in [2.05, 4.69) is 42.8 Å². The van der Waals surface area contributed by atoms with Gasteiger partial charge in [0, 0.05) is 31.4 Å². The number of aromatic nitrogens is 1. The summed E-state index contributed by atoms with van der Waals surface area (Å²) in [6, 6.07) is 3.41. The first-order valence-electron chi connectivity index (χ1n) is 8.72. The number of hydrogen-bond donors (Lipinski definition) is 0. The van der Waals surface area contributed by atoms with Gasteiger partial charge in [-0.1, -0.05) is 6.42 Å². The van der Waals surface area contributed by atoms with E-state index in [4.69, 9.17) is 9.72 Å². The summed E-state index contributed by atoms with van der Waals surface area (Å²) in [4.78, 5) is 9.75. The van der Waals surface area contributed by atoms with Crippen molar-refractivity contribution in [3.8, 4) is 0 Å². The van der Waals surface area contributed by atoms with E-state index in [0.717, 1.165) is 32.1 Å². The third-order valence-corrected chi connectivity index (χ3v) is 5.04. The monoisotopic (exact) mass is 303 g/mol. The van der Waals surface area contributed by atoms with Crippen LogP contribution in [-0.4, -0.2) is 48.8 Å². The van der Waals surface area contributed by atoms with E-state index in [9.17, 15) is 0 Å². The van der Waals surface area contributed by atoms with Gasteiger partial charge in [-0.2, -0.15) is 0 Å². The number of aryl methyl sites for hydroxylation is 1. The van der Waals surface area contributed by atoms with Crippen LogP contribution in [0.4, 0.5) is 5.82 Å². The highest BCUT2D eigenvalue weighted by molar-refractivity contribution is 5.44. The van der Waals surface area contributed by atoms with Crippen LogP contribution in [0.3, 0.4) is 0 Å². The smallest absolute Gasteiger partial charge is 0.128 e. The van der Waals surface area contributed by atoms with E-state index in [-0.39, 0.29) is 0 Å². The molecule has 0 saturated carbocycles. The zero-order valence-corrected chi connectivity index (χ0v) is 14.2. The minimum atomic E-state index is 0.542. The van der Waals surface area contributed by atoms with Gasteiger partial charge >= 0.3 is 0 Å². The van der Waals surface area contributed by atoms with Crippen LogP contribution in [0.15, 0.2) is 12.3 Å². The predicted molar refractivity (Wildman–Crippen MR) is 90.4 cm³/mol. The number of pyridine rings is 1. The van der Waals surface area contributed by atoms with Crippen molar-refractivity contribution in [1.29, 1.82) is 0 Å². The van der Waals surface area contributed by atoms with Crippen LogP contribution in [0.2, 0.25) is 0 Å². The number of anilines is 1. The predicted octanol–water partition coefficient (Wildman–Crippen LogP) is 3.16. The highest BCUT2D eigenvalue weighted by atomic mass is 16.5. The summed E-state index contributed by atoms with van der Waals surface area (Å²) in [6.45, 7) is 11.6. The van der Waals surface area contributed by atoms with Crippen molar-refractivity contribution < 1.29 is 4.74 Å². The van der Waals surface area contributed by atoms with Crippen molar-refractivity contribution in [1.82, 2.24) is 9.88 Å². The van der Waals surface area contributed by atoms with Crippen molar-refractivity contribution in [2.24, 2.45) is 0 Å². The van der Waals surface area contributed by atoms with Gasteiger partial charge < -0.3 is 9.64 Å². The van der Waals surface area contributed by atoms with Crippen LogP contribution in [-0.2, 0) is 4.74 Å². The fourth-order valence-electron chi connectivity index (χ4n) is 3.77.